The van der Waals surface area contributed by atoms with Crippen LogP contribution in [0.5, 0.6) is 5.75 Å². The van der Waals surface area contributed by atoms with Gasteiger partial charge in [0.25, 0.3) is 5.91 Å². The summed E-state index contributed by atoms with van der Waals surface area (Å²) in [5, 5.41) is 4.86. The van der Waals surface area contributed by atoms with Crippen LogP contribution >= 0.6 is 0 Å². The number of anilines is 1. The smallest absolute Gasteiger partial charge is 0.338 e. The molecule has 1 N–H and O–H groups in total. The number of unbranched alkanes of at least 4 members (excludes halogenated alkanes) is 1. The first kappa shape index (κ1) is 19.4. The first-order valence-electron chi connectivity index (χ1n) is 9.34. The van der Waals surface area contributed by atoms with Crippen molar-refractivity contribution in [1.82, 2.24) is 0 Å². The normalized spacial score (nSPS) is 10.5. The summed E-state index contributed by atoms with van der Waals surface area (Å²) < 4.78 is 10.7. The number of ether oxygens (including phenoxy) is 2. The molecule has 0 heterocycles. The topological polar surface area (TPSA) is 64.6 Å². The van der Waals surface area contributed by atoms with Crippen molar-refractivity contribution in [2.75, 3.05) is 18.5 Å². The van der Waals surface area contributed by atoms with E-state index in [2.05, 4.69) is 12.2 Å². The Hall–Kier alpha value is -3.34. The highest BCUT2D eigenvalue weighted by Gasteiger charge is 2.11. The van der Waals surface area contributed by atoms with Crippen LogP contribution in [-0.2, 0) is 9.53 Å². The van der Waals surface area contributed by atoms with E-state index < -0.39 is 5.97 Å². The SMILES string of the molecule is CCCCOc1ccc(C(=O)OCC(=O)Nc2ccc3ccccc3c2)cc1. The third-order valence-electron chi connectivity index (χ3n) is 4.22. The molecular weight excluding hydrogens is 354 g/mol. The summed E-state index contributed by atoms with van der Waals surface area (Å²) in [7, 11) is 0. The van der Waals surface area contributed by atoms with Crippen molar-refractivity contribution < 1.29 is 19.1 Å². The van der Waals surface area contributed by atoms with Crippen molar-refractivity contribution in [3.63, 3.8) is 0 Å². The minimum absolute atomic E-state index is 0.347. The van der Waals surface area contributed by atoms with E-state index >= 15 is 0 Å². The molecule has 0 fully saturated rings. The molecule has 0 unspecified atom stereocenters. The van der Waals surface area contributed by atoms with Crippen molar-refractivity contribution in [3.8, 4) is 5.75 Å². The van der Waals surface area contributed by atoms with Crippen LogP contribution in [0.3, 0.4) is 0 Å². The highest BCUT2D eigenvalue weighted by molar-refractivity contribution is 5.97. The predicted octanol–water partition coefficient (Wildman–Crippen LogP) is 4.81. The third kappa shape index (κ3) is 5.33. The molecule has 0 aliphatic carbocycles. The summed E-state index contributed by atoms with van der Waals surface area (Å²) in [6.07, 6.45) is 2.04. The van der Waals surface area contributed by atoms with Crippen molar-refractivity contribution in [1.29, 1.82) is 0 Å². The van der Waals surface area contributed by atoms with Crippen molar-refractivity contribution in [3.05, 3.63) is 72.3 Å². The molecule has 28 heavy (non-hydrogen) atoms. The first-order valence-corrected chi connectivity index (χ1v) is 9.34. The van der Waals surface area contributed by atoms with Crippen LogP contribution in [0.4, 0.5) is 5.69 Å². The van der Waals surface area contributed by atoms with Crippen LogP contribution in [0.2, 0.25) is 0 Å². The van der Waals surface area contributed by atoms with Gasteiger partial charge in [-0.25, -0.2) is 4.79 Å². The number of hydrogen-bond acceptors (Lipinski definition) is 4. The Morgan fingerprint density at radius 1 is 0.929 bits per heavy atom. The van der Waals surface area contributed by atoms with Gasteiger partial charge >= 0.3 is 5.97 Å². The van der Waals surface area contributed by atoms with Gasteiger partial charge in [0.05, 0.1) is 12.2 Å². The van der Waals surface area contributed by atoms with E-state index in [9.17, 15) is 9.59 Å². The summed E-state index contributed by atoms with van der Waals surface area (Å²) in [6.45, 7) is 2.40. The van der Waals surface area contributed by atoms with E-state index in [1.165, 1.54) is 0 Å². The number of rotatable bonds is 8. The molecule has 144 valence electrons. The van der Waals surface area contributed by atoms with Gasteiger partial charge in [0.15, 0.2) is 6.61 Å². The quantitative estimate of drug-likeness (QED) is 0.452. The van der Waals surface area contributed by atoms with Crippen LogP contribution < -0.4 is 10.1 Å². The fourth-order valence-corrected chi connectivity index (χ4v) is 2.70. The summed E-state index contributed by atoms with van der Waals surface area (Å²) in [6, 6.07) is 20.2. The molecule has 0 saturated heterocycles. The van der Waals surface area contributed by atoms with Gasteiger partial charge in [-0.05, 0) is 53.6 Å². The Morgan fingerprint density at radius 2 is 1.68 bits per heavy atom. The van der Waals surface area contributed by atoms with Crippen LogP contribution in [0.1, 0.15) is 30.1 Å². The number of benzene rings is 3. The van der Waals surface area contributed by atoms with Crippen LogP contribution in [0.25, 0.3) is 10.8 Å². The minimum atomic E-state index is -0.547. The molecule has 3 aromatic rings. The molecule has 0 aliphatic heterocycles. The number of esters is 1. The maximum Gasteiger partial charge on any atom is 0.338 e. The number of fused-ring (bicyclic) bond motifs is 1. The molecule has 1 amide bonds. The molecule has 0 atom stereocenters. The molecule has 0 bridgehead atoms. The van der Waals surface area contributed by atoms with E-state index in [0.29, 0.717) is 23.6 Å². The maximum atomic E-state index is 12.1. The molecule has 0 spiro atoms. The third-order valence-corrected chi connectivity index (χ3v) is 4.22. The Bertz CT molecular complexity index is 950. The lowest BCUT2D eigenvalue weighted by Crippen LogP contribution is -2.20. The van der Waals surface area contributed by atoms with Gasteiger partial charge in [-0.3, -0.25) is 4.79 Å². The number of amides is 1. The zero-order chi connectivity index (χ0) is 19.8. The van der Waals surface area contributed by atoms with E-state index in [0.717, 1.165) is 23.6 Å². The summed E-state index contributed by atoms with van der Waals surface area (Å²) in [4.78, 5) is 24.2. The Labute approximate surface area is 164 Å². The lowest BCUT2D eigenvalue weighted by atomic mass is 10.1. The van der Waals surface area contributed by atoms with E-state index in [-0.39, 0.29) is 12.5 Å². The second-order valence-electron chi connectivity index (χ2n) is 6.41. The maximum absolute atomic E-state index is 12.1. The van der Waals surface area contributed by atoms with Crippen LogP contribution in [0, 0.1) is 0 Å². The predicted molar refractivity (Wildman–Crippen MR) is 110 cm³/mol. The number of nitrogens with one attached hydrogen (secondary N) is 1. The zero-order valence-electron chi connectivity index (χ0n) is 15.8. The molecule has 0 saturated carbocycles. The molecular formula is C23H23NO4. The van der Waals surface area contributed by atoms with Crippen molar-refractivity contribution in [2.24, 2.45) is 0 Å². The van der Waals surface area contributed by atoms with Gasteiger partial charge in [-0.1, -0.05) is 43.7 Å². The molecule has 3 rings (SSSR count). The molecule has 3 aromatic carbocycles. The fraction of sp³-hybridized carbons (Fsp3) is 0.217. The van der Waals surface area contributed by atoms with Gasteiger partial charge in [0, 0.05) is 5.69 Å². The molecule has 5 nitrogen and oxygen atoms in total. The Kier molecular flexibility index (Phi) is 6.63. The van der Waals surface area contributed by atoms with Crippen molar-refractivity contribution in [2.45, 2.75) is 19.8 Å². The zero-order valence-corrected chi connectivity index (χ0v) is 15.8. The van der Waals surface area contributed by atoms with E-state index in [1.54, 1.807) is 24.3 Å². The Morgan fingerprint density at radius 3 is 2.43 bits per heavy atom. The summed E-state index contributed by atoms with van der Waals surface area (Å²) in [5.74, 6) is -0.226. The first-order chi connectivity index (χ1) is 13.7. The summed E-state index contributed by atoms with van der Waals surface area (Å²) in [5.41, 5.74) is 1.04. The van der Waals surface area contributed by atoms with Gasteiger partial charge in [0.2, 0.25) is 0 Å². The molecule has 5 heteroatoms. The second-order valence-corrected chi connectivity index (χ2v) is 6.41. The highest BCUT2D eigenvalue weighted by atomic mass is 16.5. The monoisotopic (exact) mass is 377 g/mol. The average Bonchev–Trinajstić information content (AvgIpc) is 2.72. The molecule has 0 aromatic heterocycles. The van der Waals surface area contributed by atoms with Crippen LogP contribution in [0.15, 0.2) is 66.7 Å². The Balaban J connectivity index is 1.49. The van der Waals surface area contributed by atoms with Gasteiger partial charge in [-0.15, -0.1) is 0 Å². The number of hydrogen-bond donors (Lipinski definition) is 1. The number of carbonyl (C=O) groups excluding carboxylic acids is 2. The lowest BCUT2D eigenvalue weighted by Gasteiger charge is -2.08. The second kappa shape index (κ2) is 9.55. The highest BCUT2D eigenvalue weighted by Crippen LogP contribution is 2.19. The average molecular weight is 377 g/mol. The van der Waals surface area contributed by atoms with E-state index in [4.69, 9.17) is 9.47 Å². The van der Waals surface area contributed by atoms with Crippen molar-refractivity contribution >= 4 is 28.3 Å². The fourth-order valence-electron chi connectivity index (χ4n) is 2.70. The van der Waals surface area contributed by atoms with Crippen LogP contribution in [-0.4, -0.2) is 25.1 Å². The van der Waals surface area contributed by atoms with Gasteiger partial charge in [-0.2, -0.15) is 0 Å². The van der Waals surface area contributed by atoms with Gasteiger partial charge < -0.3 is 14.8 Å². The summed E-state index contributed by atoms with van der Waals surface area (Å²) >= 11 is 0. The standard InChI is InChI=1S/C23H23NO4/c1-2-3-14-27-21-12-9-18(10-13-21)23(26)28-16-22(25)24-20-11-8-17-6-4-5-7-19(17)15-20/h4-13,15H,2-3,14,16H2,1H3,(H,24,25). The van der Waals surface area contributed by atoms with Gasteiger partial charge in [0.1, 0.15) is 5.75 Å². The number of carbonyl (C=O) groups is 2. The minimum Gasteiger partial charge on any atom is -0.494 e. The molecule has 0 aliphatic rings. The lowest BCUT2D eigenvalue weighted by molar-refractivity contribution is -0.119. The molecule has 0 radical (unpaired) electrons. The van der Waals surface area contributed by atoms with E-state index in [1.807, 2.05) is 42.5 Å². The largest absolute Gasteiger partial charge is 0.494 e.